The van der Waals surface area contributed by atoms with Crippen molar-refractivity contribution >= 4 is 11.7 Å². The number of phenols is 1. The molecule has 0 unspecified atom stereocenters. The van der Waals surface area contributed by atoms with Gasteiger partial charge in [-0.1, -0.05) is 42.5 Å². The molecule has 0 aliphatic heterocycles. The van der Waals surface area contributed by atoms with Gasteiger partial charge < -0.3 is 15.0 Å². The molecule has 0 spiro atoms. The van der Waals surface area contributed by atoms with Crippen LogP contribution in [0, 0.1) is 0 Å². The van der Waals surface area contributed by atoms with E-state index >= 15 is 0 Å². The number of phenolic OH excluding ortho intramolecular Hbond substituents is 1. The van der Waals surface area contributed by atoms with E-state index in [-0.39, 0.29) is 18.1 Å². The fraction of sp³-hybridized carbons (Fsp3) is 0.200. The van der Waals surface area contributed by atoms with Gasteiger partial charge in [0.2, 0.25) is 5.91 Å². The Morgan fingerprint density at radius 1 is 1.12 bits per heavy atom. The zero-order valence-corrected chi connectivity index (χ0v) is 13.7. The molecule has 1 aromatic heterocycles. The summed E-state index contributed by atoms with van der Waals surface area (Å²) in [5.41, 5.74) is 2.64. The summed E-state index contributed by atoms with van der Waals surface area (Å²) in [5, 5.41) is 12.4. The number of amides is 1. The predicted molar refractivity (Wildman–Crippen MR) is 96.4 cm³/mol. The van der Waals surface area contributed by atoms with Gasteiger partial charge in [0.05, 0.1) is 12.7 Å². The Morgan fingerprint density at radius 3 is 2.52 bits per heavy atom. The van der Waals surface area contributed by atoms with Crippen molar-refractivity contribution in [3.63, 3.8) is 0 Å². The lowest BCUT2D eigenvalue weighted by molar-refractivity contribution is -0.115. The number of anilines is 1. The Balaban J connectivity index is 1.59. The van der Waals surface area contributed by atoms with Crippen LogP contribution in [-0.4, -0.2) is 20.6 Å². The van der Waals surface area contributed by atoms with E-state index in [9.17, 15) is 9.90 Å². The number of nitrogens with zero attached hydrogens (tertiary/aromatic N) is 2. The van der Waals surface area contributed by atoms with Crippen molar-refractivity contribution in [3.8, 4) is 17.0 Å². The molecule has 2 aromatic carbocycles. The first-order chi connectivity index (χ1) is 12.2. The SMILES string of the molecule is O=C(Cc1ccc(O)cc1)Nc1c(-c2ccccc2)ncn1C1CC1. The summed E-state index contributed by atoms with van der Waals surface area (Å²) in [6.45, 7) is 0. The largest absolute Gasteiger partial charge is 0.508 e. The Hall–Kier alpha value is -3.08. The summed E-state index contributed by atoms with van der Waals surface area (Å²) < 4.78 is 2.07. The van der Waals surface area contributed by atoms with E-state index in [1.54, 1.807) is 24.3 Å². The maximum Gasteiger partial charge on any atom is 0.229 e. The molecule has 25 heavy (non-hydrogen) atoms. The third-order valence-corrected chi connectivity index (χ3v) is 4.34. The summed E-state index contributed by atoms with van der Waals surface area (Å²) >= 11 is 0. The number of imidazole rings is 1. The average Bonchev–Trinajstić information content (AvgIpc) is 3.39. The number of carbonyl (C=O) groups excluding carboxylic acids is 1. The minimum atomic E-state index is -0.0923. The predicted octanol–water partition coefficient (Wildman–Crippen LogP) is 3.77. The molecule has 1 aliphatic carbocycles. The highest BCUT2D eigenvalue weighted by Gasteiger charge is 2.28. The number of nitrogens with one attached hydrogen (secondary N) is 1. The van der Waals surface area contributed by atoms with E-state index in [2.05, 4.69) is 14.9 Å². The first-order valence-corrected chi connectivity index (χ1v) is 8.41. The van der Waals surface area contributed by atoms with Gasteiger partial charge in [-0.05, 0) is 30.5 Å². The van der Waals surface area contributed by atoms with E-state index in [1.165, 1.54) is 0 Å². The van der Waals surface area contributed by atoms with Crippen LogP contribution in [0.3, 0.4) is 0 Å². The molecule has 0 atom stereocenters. The number of rotatable bonds is 5. The van der Waals surface area contributed by atoms with Gasteiger partial charge in [0.1, 0.15) is 17.3 Å². The smallest absolute Gasteiger partial charge is 0.229 e. The number of carbonyl (C=O) groups is 1. The molecule has 1 aliphatic rings. The number of aromatic nitrogens is 2. The van der Waals surface area contributed by atoms with Gasteiger partial charge in [0.25, 0.3) is 0 Å². The van der Waals surface area contributed by atoms with Gasteiger partial charge in [0.15, 0.2) is 0 Å². The van der Waals surface area contributed by atoms with E-state index in [1.807, 2.05) is 36.7 Å². The monoisotopic (exact) mass is 333 g/mol. The molecule has 3 aromatic rings. The molecular formula is C20H19N3O2. The lowest BCUT2D eigenvalue weighted by Gasteiger charge is -2.11. The number of hydrogen-bond donors (Lipinski definition) is 2. The van der Waals surface area contributed by atoms with Crippen LogP contribution in [0.1, 0.15) is 24.4 Å². The first-order valence-electron chi connectivity index (χ1n) is 8.41. The molecule has 0 saturated heterocycles. The molecular weight excluding hydrogens is 314 g/mol. The fourth-order valence-corrected chi connectivity index (χ4v) is 2.90. The highest BCUT2D eigenvalue weighted by molar-refractivity contribution is 5.94. The Kier molecular flexibility index (Phi) is 3.98. The first kappa shape index (κ1) is 15.4. The summed E-state index contributed by atoms with van der Waals surface area (Å²) in [5.74, 6) is 0.866. The van der Waals surface area contributed by atoms with Gasteiger partial charge in [0, 0.05) is 11.6 Å². The van der Waals surface area contributed by atoms with Crippen LogP contribution in [0.5, 0.6) is 5.75 Å². The fourth-order valence-electron chi connectivity index (χ4n) is 2.90. The molecule has 126 valence electrons. The standard InChI is InChI=1S/C20H19N3O2/c24-17-10-6-14(7-11-17)12-18(25)22-20-19(15-4-2-1-3-5-15)21-13-23(20)16-8-9-16/h1-7,10-11,13,16,24H,8-9,12H2,(H,22,25). The number of benzene rings is 2. The second kappa shape index (κ2) is 6.43. The van der Waals surface area contributed by atoms with Crippen LogP contribution in [0.2, 0.25) is 0 Å². The molecule has 0 radical (unpaired) electrons. The average molecular weight is 333 g/mol. The summed E-state index contributed by atoms with van der Waals surface area (Å²) in [6, 6.07) is 17.0. The Morgan fingerprint density at radius 2 is 1.84 bits per heavy atom. The third kappa shape index (κ3) is 3.40. The molecule has 4 rings (SSSR count). The van der Waals surface area contributed by atoms with Crippen molar-refractivity contribution in [1.82, 2.24) is 9.55 Å². The van der Waals surface area contributed by atoms with Crippen molar-refractivity contribution in [3.05, 3.63) is 66.5 Å². The second-order valence-corrected chi connectivity index (χ2v) is 6.34. The van der Waals surface area contributed by atoms with E-state index in [4.69, 9.17) is 0 Å². The summed E-state index contributed by atoms with van der Waals surface area (Å²) in [6.07, 6.45) is 4.30. The highest BCUT2D eigenvalue weighted by atomic mass is 16.3. The van der Waals surface area contributed by atoms with Crippen LogP contribution < -0.4 is 5.32 Å². The quantitative estimate of drug-likeness (QED) is 0.747. The second-order valence-electron chi connectivity index (χ2n) is 6.34. The maximum absolute atomic E-state index is 12.5. The lowest BCUT2D eigenvalue weighted by Crippen LogP contribution is -2.17. The minimum Gasteiger partial charge on any atom is -0.508 e. The van der Waals surface area contributed by atoms with Crippen LogP contribution in [-0.2, 0) is 11.2 Å². The molecule has 0 bridgehead atoms. The summed E-state index contributed by atoms with van der Waals surface area (Å²) in [7, 11) is 0. The molecule has 1 fully saturated rings. The molecule has 5 heteroatoms. The van der Waals surface area contributed by atoms with Gasteiger partial charge in [-0.3, -0.25) is 4.79 Å². The van der Waals surface area contributed by atoms with Crippen molar-refractivity contribution in [1.29, 1.82) is 0 Å². The van der Waals surface area contributed by atoms with Crippen molar-refractivity contribution in [2.45, 2.75) is 25.3 Å². The van der Waals surface area contributed by atoms with E-state index in [0.717, 1.165) is 35.5 Å². The van der Waals surface area contributed by atoms with Gasteiger partial charge in [-0.25, -0.2) is 4.98 Å². The van der Waals surface area contributed by atoms with Gasteiger partial charge in [-0.2, -0.15) is 0 Å². The van der Waals surface area contributed by atoms with Crippen molar-refractivity contribution < 1.29 is 9.90 Å². The number of hydrogen-bond acceptors (Lipinski definition) is 3. The maximum atomic E-state index is 12.5. The topological polar surface area (TPSA) is 67.2 Å². The number of aromatic hydroxyl groups is 1. The van der Waals surface area contributed by atoms with Gasteiger partial charge >= 0.3 is 0 Å². The van der Waals surface area contributed by atoms with Crippen molar-refractivity contribution in [2.75, 3.05) is 5.32 Å². The normalized spacial score (nSPS) is 13.6. The van der Waals surface area contributed by atoms with Crippen molar-refractivity contribution in [2.24, 2.45) is 0 Å². The molecule has 5 nitrogen and oxygen atoms in total. The Bertz CT molecular complexity index is 881. The van der Waals surface area contributed by atoms with Crippen LogP contribution in [0.4, 0.5) is 5.82 Å². The summed E-state index contributed by atoms with van der Waals surface area (Å²) in [4.78, 5) is 17.1. The molecule has 2 N–H and O–H groups in total. The van der Waals surface area contributed by atoms with Crippen LogP contribution >= 0.6 is 0 Å². The highest BCUT2D eigenvalue weighted by Crippen LogP contribution is 2.40. The van der Waals surface area contributed by atoms with E-state index in [0.29, 0.717) is 6.04 Å². The zero-order valence-electron chi connectivity index (χ0n) is 13.7. The lowest BCUT2D eigenvalue weighted by atomic mass is 10.1. The van der Waals surface area contributed by atoms with Crippen LogP contribution in [0.25, 0.3) is 11.3 Å². The molecule has 1 saturated carbocycles. The third-order valence-electron chi connectivity index (χ3n) is 4.34. The zero-order chi connectivity index (χ0) is 17.2. The Labute approximate surface area is 146 Å². The molecule has 1 amide bonds. The van der Waals surface area contributed by atoms with Crippen LogP contribution in [0.15, 0.2) is 60.9 Å². The van der Waals surface area contributed by atoms with E-state index < -0.39 is 0 Å². The molecule has 1 heterocycles. The minimum absolute atomic E-state index is 0.0923. The van der Waals surface area contributed by atoms with Gasteiger partial charge in [-0.15, -0.1) is 0 Å².